The Morgan fingerprint density at radius 3 is 2.00 bits per heavy atom. The minimum absolute atomic E-state index is 0.152. The lowest BCUT2D eigenvalue weighted by Crippen LogP contribution is -2.56. The molecule has 2 aromatic carbocycles. The average Bonchev–Trinajstić information content (AvgIpc) is 2.92. The van der Waals surface area contributed by atoms with Gasteiger partial charge in [0.2, 0.25) is 5.91 Å². The van der Waals surface area contributed by atoms with Crippen LogP contribution in [0.5, 0.6) is 0 Å². The van der Waals surface area contributed by atoms with Gasteiger partial charge in [0, 0.05) is 37.2 Å². The van der Waals surface area contributed by atoms with Gasteiger partial charge in [0.15, 0.2) is 0 Å². The van der Waals surface area contributed by atoms with Gasteiger partial charge in [-0.25, -0.2) is 8.78 Å². The molecule has 0 unspecified atom stereocenters. The molecule has 8 nitrogen and oxygen atoms in total. The lowest BCUT2D eigenvalue weighted by atomic mass is 9.92. The van der Waals surface area contributed by atoms with Gasteiger partial charge in [-0.2, -0.15) is 11.8 Å². The van der Waals surface area contributed by atoms with E-state index in [-0.39, 0.29) is 23.5 Å². The highest BCUT2D eigenvalue weighted by molar-refractivity contribution is 7.98. The predicted molar refractivity (Wildman–Crippen MR) is 162 cm³/mol. The van der Waals surface area contributed by atoms with Gasteiger partial charge in [-0.1, -0.05) is 13.8 Å². The summed E-state index contributed by atoms with van der Waals surface area (Å²) in [6.45, 7) is 8.15. The summed E-state index contributed by atoms with van der Waals surface area (Å²) in [5.74, 6) is -2.33. The Morgan fingerprint density at radius 1 is 0.881 bits per heavy atom. The Labute approximate surface area is 251 Å². The van der Waals surface area contributed by atoms with Crippen LogP contribution in [-0.4, -0.2) is 82.2 Å². The summed E-state index contributed by atoms with van der Waals surface area (Å²) in [7, 11) is 0. The lowest BCUT2D eigenvalue weighted by molar-refractivity contribution is -0.121. The Morgan fingerprint density at radius 2 is 1.45 bits per heavy atom. The second kappa shape index (κ2) is 17.2. The molecule has 2 aromatic rings. The van der Waals surface area contributed by atoms with E-state index >= 15 is 0 Å². The van der Waals surface area contributed by atoms with Crippen LogP contribution in [0.15, 0.2) is 36.4 Å². The van der Waals surface area contributed by atoms with Crippen molar-refractivity contribution in [3.63, 3.8) is 0 Å². The smallest absolute Gasteiger partial charge is 0.253 e. The summed E-state index contributed by atoms with van der Waals surface area (Å²) in [6.07, 6.45) is 0.425. The summed E-state index contributed by atoms with van der Waals surface area (Å²) in [4.78, 5) is 40.3. The molecule has 232 valence electrons. The molecular weight excluding hydrogens is 564 g/mol. The molecule has 3 amide bonds. The number of aryl methyl sites for hydroxylation is 1. The van der Waals surface area contributed by atoms with Gasteiger partial charge in [-0.3, -0.25) is 14.4 Å². The number of halogens is 2. The first-order chi connectivity index (χ1) is 19.9. The van der Waals surface area contributed by atoms with Crippen molar-refractivity contribution in [2.45, 2.75) is 77.7 Å². The number of aliphatic hydroxyl groups is 2. The zero-order valence-corrected chi connectivity index (χ0v) is 25.8. The monoisotopic (exact) mass is 607 g/mol. The maximum absolute atomic E-state index is 14.0. The molecule has 0 fully saturated rings. The van der Waals surface area contributed by atoms with E-state index in [0.717, 1.165) is 25.0 Å². The summed E-state index contributed by atoms with van der Waals surface area (Å²) in [5.41, 5.74) is 1.32. The number of benzene rings is 2. The van der Waals surface area contributed by atoms with Gasteiger partial charge in [0.05, 0.1) is 12.1 Å². The van der Waals surface area contributed by atoms with E-state index in [1.54, 1.807) is 24.0 Å². The van der Waals surface area contributed by atoms with Gasteiger partial charge in [0.25, 0.3) is 11.8 Å². The summed E-state index contributed by atoms with van der Waals surface area (Å²) in [6, 6.07) is 5.62. The standard InChI is InChI=1S/C31H43F2N3O5S/c1-6-9-36(10-7-2)31(41)23-13-19(3)12-22(17-23)30(40)35-27(16-21-14-24(32)18-25(33)15-21)29(39)28(38)26(8-11-42-5)34-20(4)37/h12-15,17-18,26-29,38-39H,6-11,16H2,1-5H3,(H,34,37)(H,35,40)/t26-,27+,28-,29-/m1/s1. The molecule has 0 spiro atoms. The van der Waals surface area contributed by atoms with Gasteiger partial charge in [-0.15, -0.1) is 0 Å². The zero-order valence-electron chi connectivity index (χ0n) is 25.0. The highest BCUT2D eigenvalue weighted by atomic mass is 32.2. The van der Waals surface area contributed by atoms with Crippen molar-refractivity contribution in [3.8, 4) is 0 Å². The quantitative estimate of drug-likeness (QED) is 0.230. The molecule has 4 N–H and O–H groups in total. The Kier molecular flexibility index (Phi) is 14.4. The van der Waals surface area contributed by atoms with E-state index in [1.165, 1.54) is 24.8 Å². The van der Waals surface area contributed by atoms with Crippen LogP contribution < -0.4 is 10.6 Å². The van der Waals surface area contributed by atoms with Gasteiger partial charge < -0.3 is 25.7 Å². The van der Waals surface area contributed by atoms with Crippen LogP contribution in [-0.2, 0) is 11.2 Å². The molecule has 0 saturated carbocycles. The molecule has 4 atom stereocenters. The minimum Gasteiger partial charge on any atom is -0.388 e. The molecule has 0 aliphatic rings. The minimum atomic E-state index is -1.62. The number of rotatable bonds is 16. The Bertz CT molecular complexity index is 1190. The van der Waals surface area contributed by atoms with Gasteiger partial charge in [0.1, 0.15) is 23.8 Å². The van der Waals surface area contributed by atoms with Crippen LogP contribution in [0.1, 0.15) is 71.9 Å². The maximum atomic E-state index is 14.0. The van der Waals surface area contributed by atoms with Crippen molar-refractivity contribution in [3.05, 3.63) is 70.3 Å². The second-order valence-corrected chi connectivity index (χ2v) is 11.5. The molecule has 2 rings (SSSR count). The fourth-order valence-corrected chi connectivity index (χ4v) is 5.37. The predicted octanol–water partition coefficient (Wildman–Crippen LogP) is 3.86. The fourth-order valence-electron chi connectivity index (χ4n) is 4.88. The highest BCUT2D eigenvalue weighted by Crippen LogP contribution is 2.18. The van der Waals surface area contributed by atoms with Crippen LogP contribution >= 0.6 is 11.8 Å². The number of carbonyl (C=O) groups is 3. The van der Waals surface area contributed by atoms with Crippen LogP contribution in [0.25, 0.3) is 0 Å². The molecule has 42 heavy (non-hydrogen) atoms. The molecule has 11 heteroatoms. The van der Waals surface area contributed by atoms with E-state index in [4.69, 9.17) is 0 Å². The molecule has 0 bridgehead atoms. The third-order valence-corrected chi connectivity index (χ3v) is 7.40. The first-order valence-corrected chi connectivity index (χ1v) is 15.6. The van der Waals surface area contributed by atoms with Crippen molar-refractivity contribution in [1.82, 2.24) is 15.5 Å². The molecule has 0 saturated heterocycles. The zero-order chi connectivity index (χ0) is 31.4. The number of carbonyl (C=O) groups excluding carboxylic acids is 3. The molecular formula is C31H43F2N3O5S. The van der Waals surface area contributed by atoms with E-state index in [2.05, 4.69) is 10.6 Å². The number of thioether (sulfide) groups is 1. The van der Waals surface area contributed by atoms with E-state index in [0.29, 0.717) is 42.5 Å². The van der Waals surface area contributed by atoms with E-state index in [9.17, 15) is 33.4 Å². The lowest BCUT2D eigenvalue weighted by Gasteiger charge is -2.33. The van der Waals surface area contributed by atoms with E-state index in [1.807, 2.05) is 20.1 Å². The normalized spacial score (nSPS) is 14.0. The number of nitrogens with zero attached hydrogens (tertiary/aromatic N) is 1. The number of nitrogens with one attached hydrogen (secondary N) is 2. The largest absolute Gasteiger partial charge is 0.388 e. The molecule has 0 radical (unpaired) electrons. The van der Waals surface area contributed by atoms with Crippen molar-refractivity contribution < 1.29 is 33.4 Å². The Hall–Kier alpha value is -3.02. The van der Waals surface area contributed by atoms with E-state index < -0.39 is 47.7 Å². The van der Waals surface area contributed by atoms with Crippen molar-refractivity contribution in [2.24, 2.45) is 0 Å². The van der Waals surface area contributed by atoms with Crippen molar-refractivity contribution >= 4 is 29.5 Å². The van der Waals surface area contributed by atoms with Gasteiger partial charge in [-0.05, 0) is 86.1 Å². The topological polar surface area (TPSA) is 119 Å². The van der Waals surface area contributed by atoms with Crippen molar-refractivity contribution in [2.75, 3.05) is 25.1 Å². The average molecular weight is 608 g/mol. The number of hydrogen-bond donors (Lipinski definition) is 4. The second-order valence-electron chi connectivity index (χ2n) is 10.5. The summed E-state index contributed by atoms with van der Waals surface area (Å²) in [5, 5.41) is 27.7. The summed E-state index contributed by atoms with van der Waals surface area (Å²) >= 11 is 1.49. The van der Waals surface area contributed by atoms with Gasteiger partial charge >= 0.3 is 0 Å². The van der Waals surface area contributed by atoms with Crippen LogP contribution in [0.4, 0.5) is 8.78 Å². The molecule has 0 aliphatic carbocycles. The van der Waals surface area contributed by atoms with Crippen LogP contribution in [0, 0.1) is 18.6 Å². The molecule has 0 aromatic heterocycles. The number of aliphatic hydroxyl groups excluding tert-OH is 2. The third kappa shape index (κ3) is 10.7. The number of amides is 3. The van der Waals surface area contributed by atoms with Crippen LogP contribution in [0.3, 0.4) is 0 Å². The summed E-state index contributed by atoms with van der Waals surface area (Å²) < 4.78 is 28.0. The first-order valence-electron chi connectivity index (χ1n) is 14.2. The fraction of sp³-hybridized carbons (Fsp3) is 0.516. The molecule has 0 heterocycles. The van der Waals surface area contributed by atoms with Crippen molar-refractivity contribution in [1.29, 1.82) is 0 Å². The van der Waals surface area contributed by atoms with Crippen LogP contribution in [0.2, 0.25) is 0 Å². The molecule has 0 aliphatic heterocycles. The number of hydrogen-bond acceptors (Lipinski definition) is 6. The SMILES string of the molecule is CCCN(CCC)C(=O)c1cc(C)cc(C(=O)N[C@@H](Cc2cc(F)cc(F)c2)[C@@H](O)[C@H](O)[C@@H](CCSC)NC(C)=O)c1. The highest BCUT2D eigenvalue weighted by Gasteiger charge is 2.34. The third-order valence-electron chi connectivity index (χ3n) is 6.75. The maximum Gasteiger partial charge on any atom is 0.253 e. The Balaban J connectivity index is 2.43. The first kappa shape index (κ1) is 35.2.